The zero-order valence-corrected chi connectivity index (χ0v) is 7.57. The molecule has 0 aliphatic rings. The molecule has 1 aromatic heterocycles. The topological polar surface area (TPSA) is 54.4 Å². The van der Waals surface area contributed by atoms with Crippen molar-refractivity contribution in [2.45, 2.75) is 13.8 Å². The van der Waals surface area contributed by atoms with Gasteiger partial charge in [-0.3, -0.25) is 4.79 Å². The number of aryl methyl sites for hydroxylation is 1. The summed E-state index contributed by atoms with van der Waals surface area (Å²) in [6.45, 7) is 3.60. The molecule has 1 aromatic rings. The summed E-state index contributed by atoms with van der Waals surface area (Å²) in [7, 11) is 0. The average molecular weight is 184 g/mol. The van der Waals surface area contributed by atoms with Crippen LogP contribution in [0.4, 0.5) is 0 Å². The fourth-order valence-corrected chi connectivity index (χ4v) is 1.83. The first kappa shape index (κ1) is 8.93. The first-order valence-electron chi connectivity index (χ1n) is 3.36. The molecule has 1 rings (SSSR count). The van der Waals surface area contributed by atoms with E-state index in [9.17, 15) is 9.59 Å². The number of Topliss-reactive ketones (excluding diaryl/α,β-unsaturated/α-hetero) is 1. The van der Waals surface area contributed by atoms with Crippen LogP contribution in [0.15, 0.2) is 5.38 Å². The highest BCUT2D eigenvalue weighted by Crippen LogP contribution is 2.21. The molecule has 0 unspecified atom stereocenters. The van der Waals surface area contributed by atoms with Gasteiger partial charge in [-0.1, -0.05) is 0 Å². The monoisotopic (exact) mass is 184 g/mol. The van der Waals surface area contributed by atoms with Gasteiger partial charge in [-0.25, -0.2) is 4.79 Å². The summed E-state index contributed by atoms with van der Waals surface area (Å²) < 4.78 is 0. The Morgan fingerprint density at radius 1 is 1.42 bits per heavy atom. The fourth-order valence-electron chi connectivity index (χ4n) is 0.824. The molecule has 0 spiro atoms. The maximum absolute atomic E-state index is 11.0. The minimum absolute atomic E-state index is 0.333. The molecule has 4 heteroatoms. The van der Waals surface area contributed by atoms with Crippen molar-refractivity contribution in [3.8, 4) is 0 Å². The van der Waals surface area contributed by atoms with Crippen LogP contribution >= 0.6 is 11.3 Å². The Balaban J connectivity index is 3.12. The highest BCUT2D eigenvalue weighted by atomic mass is 32.1. The molecule has 0 bridgehead atoms. The van der Waals surface area contributed by atoms with Crippen LogP contribution in [0.1, 0.15) is 20.8 Å². The van der Waals surface area contributed by atoms with Crippen molar-refractivity contribution in [1.29, 1.82) is 0 Å². The molecule has 0 aliphatic carbocycles. The fraction of sp³-hybridized carbons (Fsp3) is 0.250. The van der Waals surface area contributed by atoms with Gasteiger partial charge in [-0.15, -0.1) is 11.3 Å². The number of carboxylic acids is 1. The molecule has 0 amide bonds. The van der Waals surface area contributed by atoms with E-state index in [4.69, 9.17) is 5.11 Å². The standard InChI is InChI=1S/C8H8O3S/c1-4-3-12-7(5(4)2)6(9)8(10)11/h3H,1-2H3,(H,10,11). The lowest BCUT2D eigenvalue weighted by Gasteiger charge is -1.93. The Hall–Kier alpha value is -1.16. The van der Waals surface area contributed by atoms with E-state index in [1.54, 1.807) is 12.3 Å². The first-order chi connectivity index (χ1) is 5.54. The van der Waals surface area contributed by atoms with Crippen LogP contribution in [-0.4, -0.2) is 16.9 Å². The molecule has 0 aliphatic heterocycles. The number of carbonyl (C=O) groups is 2. The van der Waals surface area contributed by atoms with Crippen molar-refractivity contribution in [3.05, 3.63) is 21.4 Å². The summed E-state index contributed by atoms with van der Waals surface area (Å²) in [6, 6.07) is 0. The third-order valence-electron chi connectivity index (χ3n) is 1.69. The minimum atomic E-state index is -1.39. The van der Waals surface area contributed by atoms with E-state index < -0.39 is 11.8 Å². The minimum Gasteiger partial charge on any atom is -0.475 e. The van der Waals surface area contributed by atoms with E-state index in [0.717, 1.165) is 11.1 Å². The van der Waals surface area contributed by atoms with E-state index >= 15 is 0 Å². The van der Waals surface area contributed by atoms with Crippen molar-refractivity contribution in [1.82, 2.24) is 0 Å². The summed E-state index contributed by atoms with van der Waals surface area (Å²) in [4.78, 5) is 21.6. The van der Waals surface area contributed by atoms with Gasteiger partial charge in [0.2, 0.25) is 0 Å². The Bertz CT molecular complexity index is 338. The number of carboxylic acid groups (broad SMARTS) is 1. The highest BCUT2D eigenvalue weighted by molar-refractivity contribution is 7.13. The summed E-state index contributed by atoms with van der Waals surface area (Å²) in [5.74, 6) is -2.20. The zero-order valence-electron chi connectivity index (χ0n) is 6.75. The number of thiophene rings is 1. The van der Waals surface area contributed by atoms with Gasteiger partial charge in [-0.05, 0) is 30.4 Å². The van der Waals surface area contributed by atoms with Crippen LogP contribution in [0, 0.1) is 13.8 Å². The van der Waals surface area contributed by atoms with Crippen LogP contribution in [-0.2, 0) is 4.79 Å². The quantitative estimate of drug-likeness (QED) is 0.561. The van der Waals surface area contributed by atoms with Crippen LogP contribution in [0.3, 0.4) is 0 Å². The van der Waals surface area contributed by atoms with Gasteiger partial charge in [0.25, 0.3) is 5.78 Å². The smallest absolute Gasteiger partial charge is 0.378 e. The zero-order chi connectivity index (χ0) is 9.30. The lowest BCUT2D eigenvalue weighted by molar-refractivity contribution is -0.131. The number of aliphatic carboxylic acids is 1. The lowest BCUT2D eigenvalue weighted by Crippen LogP contribution is -2.12. The van der Waals surface area contributed by atoms with Crippen molar-refractivity contribution in [2.75, 3.05) is 0 Å². The van der Waals surface area contributed by atoms with Gasteiger partial charge in [0.15, 0.2) is 0 Å². The maximum atomic E-state index is 11.0. The molecule has 1 N–H and O–H groups in total. The molecule has 1 heterocycles. The third kappa shape index (κ3) is 1.38. The second-order valence-corrected chi connectivity index (χ2v) is 3.39. The second-order valence-electron chi connectivity index (χ2n) is 2.51. The van der Waals surface area contributed by atoms with Gasteiger partial charge in [-0.2, -0.15) is 0 Å². The first-order valence-corrected chi connectivity index (χ1v) is 4.24. The van der Waals surface area contributed by atoms with E-state index in [1.807, 2.05) is 6.92 Å². The maximum Gasteiger partial charge on any atom is 0.378 e. The molecule has 0 atom stereocenters. The number of ketones is 1. The molecular weight excluding hydrogens is 176 g/mol. The Morgan fingerprint density at radius 2 is 2.00 bits per heavy atom. The van der Waals surface area contributed by atoms with E-state index in [-0.39, 0.29) is 0 Å². The highest BCUT2D eigenvalue weighted by Gasteiger charge is 2.19. The van der Waals surface area contributed by atoms with Crippen LogP contribution in [0.2, 0.25) is 0 Å². The molecule has 0 fully saturated rings. The van der Waals surface area contributed by atoms with Gasteiger partial charge in [0.05, 0.1) is 4.88 Å². The van der Waals surface area contributed by atoms with Crippen molar-refractivity contribution < 1.29 is 14.7 Å². The van der Waals surface area contributed by atoms with Crippen molar-refractivity contribution >= 4 is 23.1 Å². The summed E-state index contributed by atoms with van der Waals surface area (Å²) >= 11 is 1.18. The number of carbonyl (C=O) groups excluding carboxylic acids is 1. The Morgan fingerprint density at radius 3 is 2.33 bits per heavy atom. The third-order valence-corrected chi connectivity index (χ3v) is 2.88. The van der Waals surface area contributed by atoms with Gasteiger partial charge >= 0.3 is 5.97 Å². The lowest BCUT2D eigenvalue weighted by atomic mass is 10.1. The number of rotatable bonds is 2. The summed E-state index contributed by atoms with van der Waals surface area (Å²) in [5.41, 5.74) is 1.73. The van der Waals surface area contributed by atoms with Gasteiger partial charge in [0, 0.05) is 0 Å². The molecule has 3 nitrogen and oxygen atoms in total. The van der Waals surface area contributed by atoms with Gasteiger partial charge < -0.3 is 5.11 Å². The molecule has 0 saturated carbocycles. The number of hydrogen-bond donors (Lipinski definition) is 1. The second kappa shape index (κ2) is 3.06. The molecule has 12 heavy (non-hydrogen) atoms. The predicted octanol–water partition coefficient (Wildman–Crippen LogP) is 1.63. The molecule has 0 aromatic carbocycles. The molecular formula is C8H8O3S. The van der Waals surface area contributed by atoms with Crippen LogP contribution in [0.25, 0.3) is 0 Å². The van der Waals surface area contributed by atoms with Crippen LogP contribution in [0.5, 0.6) is 0 Å². The van der Waals surface area contributed by atoms with Crippen molar-refractivity contribution in [2.24, 2.45) is 0 Å². The van der Waals surface area contributed by atoms with E-state index in [0.29, 0.717) is 4.88 Å². The van der Waals surface area contributed by atoms with Crippen LogP contribution < -0.4 is 0 Å². The average Bonchev–Trinajstić information content (AvgIpc) is 2.32. The number of hydrogen-bond acceptors (Lipinski definition) is 3. The van der Waals surface area contributed by atoms with Gasteiger partial charge in [0.1, 0.15) is 0 Å². The SMILES string of the molecule is Cc1csc(C(=O)C(=O)O)c1C. The van der Waals surface area contributed by atoms with E-state index in [1.165, 1.54) is 11.3 Å². The molecule has 64 valence electrons. The molecule has 0 radical (unpaired) electrons. The predicted molar refractivity (Wildman–Crippen MR) is 45.8 cm³/mol. The summed E-state index contributed by atoms with van der Waals surface area (Å²) in [5, 5.41) is 10.2. The largest absolute Gasteiger partial charge is 0.475 e. The summed E-state index contributed by atoms with van der Waals surface area (Å²) in [6.07, 6.45) is 0. The Labute approximate surface area is 73.6 Å². The Kier molecular flexibility index (Phi) is 2.28. The normalized spacial score (nSPS) is 9.83. The van der Waals surface area contributed by atoms with E-state index in [2.05, 4.69) is 0 Å². The molecule has 0 saturated heterocycles. The van der Waals surface area contributed by atoms with Crippen molar-refractivity contribution in [3.63, 3.8) is 0 Å².